The maximum atomic E-state index is 14.5. The molecule has 0 atom stereocenters. The van der Waals surface area contributed by atoms with Gasteiger partial charge in [-0.25, -0.2) is 18.7 Å². The lowest BCUT2D eigenvalue weighted by atomic mass is 10.00. The smallest absolute Gasteiger partial charge is 0.405 e. The molecule has 4 N–H and O–H groups in total. The monoisotopic (exact) mass is 674 g/mol. The molecule has 2 heterocycles. The predicted octanol–water partition coefficient (Wildman–Crippen LogP) is 8.99. The quantitative estimate of drug-likeness (QED) is 0.133. The molecule has 0 aliphatic rings. The molecule has 0 saturated heterocycles. The number of ether oxygens (including phenoxy) is 1. The van der Waals surface area contributed by atoms with Crippen molar-refractivity contribution in [2.75, 3.05) is 17.7 Å². The van der Waals surface area contributed by atoms with Crippen molar-refractivity contribution < 1.29 is 26.7 Å². The van der Waals surface area contributed by atoms with Gasteiger partial charge in [-0.05, 0) is 72.3 Å². The molecule has 0 fully saturated rings. The third kappa shape index (κ3) is 8.23. The van der Waals surface area contributed by atoms with Crippen LogP contribution in [0.4, 0.5) is 33.6 Å². The van der Waals surface area contributed by atoms with Crippen LogP contribution in [0.1, 0.15) is 5.56 Å². The van der Waals surface area contributed by atoms with E-state index in [-0.39, 0.29) is 34.0 Å². The molecule has 13 heteroatoms. The van der Waals surface area contributed by atoms with Crippen molar-refractivity contribution >= 4 is 23.4 Å². The number of nitrogens with zero attached hydrogens (tertiary/aromatic N) is 4. The van der Waals surface area contributed by atoms with Gasteiger partial charge in [0.1, 0.15) is 29.0 Å². The lowest BCUT2D eigenvalue weighted by Crippen LogP contribution is -2.17. The molecule has 0 radical (unpaired) electrons. The van der Waals surface area contributed by atoms with Crippen molar-refractivity contribution in [1.29, 1.82) is 0 Å². The Bertz CT molecular complexity index is 2040. The van der Waals surface area contributed by atoms with Gasteiger partial charge < -0.3 is 16.2 Å². The third-order valence-electron chi connectivity index (χ3n) is 6.92. The number of aromatic nitrogens is 4. The molecule has 48 heavy (non-hydrogen) atoms. The molecule has 6 aromatic rings. The SMILES string of the molecule is CSc1ccccc1-c1ccc(-c2cnc(N)cn2)c(F)c1.Cc1ccc(OC(F)(F)F)c(-c2ccc(-c3cnc(N)cn3)c(F)c2)c1. The zero-order chi connectivity index (χ0) is 34.4. The Morgan fingerprint density at radius 2 is 1.17 bits per heavy atom. The molecule has 244 valence electrons. The molecule has 2 aromatic heterocycles. The summed E-state index contributed by atoms with van der Waals surface area (Å²) in [5.41, 5.74) is 15.2. The number of anilines is 2. The molecular formula is C35H27F5N6OS. The average molecular weight is 675 g/mol. The van der Waals surface area contributed by atoms with Crippen LogP contribution in [0.15, 0.2) is 109 Å². The summed E-state index contributed by atoms with van der Waals surface area (Å²) in [7, 11) is 0. The second-order valence-electron chi connectivity index (χ2n) is 10.3. The second-order valence-corrected chi connectivity index (χ2v) is 11.1. The number of alkyl halides is 3. The van der Waals surface area contributed by atoms with Crippen LogP contribution in [0.25, 0.3) is 44.8 Å². The highest BCUT2D eigenvalue weighted by molar-refractivity contribution is 7.98. The summed E-state index contributed by atoms with van der Waals surface area (Å²) in [6.45, 7) is 1.72. The van der Waals surface area contributed by atoms with Gasteiger partial charge in [-0.2, -0.15) is 0 Å². The Morgan fingerprint density at radius 3 is 1.65 bits per heavy atom. The van der Waals surface area contributed by atoms with E-state index in [1.54, 1.807) is 24.8 Å². The fraction of sp³-hybridized carbons (Fsp3) is 0.0857. The zero-order valence-corrected chi connectivity index (χ0v) is 26.3. The van der Waals surface area contributed by atoms with Gasteiger partial charge in [-0.1, -0.05) is 42.0 Å². The number of nitrogens with two attached hydrogens (primary N) is 2. The first-order valence-corrected chi connectivity index (χ1v) is 15.4. The summed E-state index contributed by atoms with van der Waals surface area (Å²) >= 11 is 1.64. The van der Waals surface area contributed by atoms with Crippen molar-refractivity contribution in [3.63, 3.8) is 0 Å². The molecule has 0 amide bonds. The Balaban J connectivity index is 0.000000190. The molecular weight excluding hydrogens is 647 g/mol. The van der Waals surface area contributed by atoms with Gasteiger partial charge in [0.05, 0.1) is 36.2 Å². The van der Waals surface area contributed by atoms with Crippen molar-refractivity contribution in [1.82, 2.24) is 19.9 Å². The number of halogens is 5. The Labute approximate surface area is 276 Å². The molecule has 0 spiro atoms. The van der Waals surface area contributed by atoms with Gasteiger partial charge in [-0.3, -0.25) is 9.97 Å². The Morgan fingerprint density at radius 1 is 0.625 bits per heavy atom. The Hall–Kier alpha value is -5.56. The minimum absolute atomic E-state index is 0.135. The van der Waals surface area contributed by atoms with Gasteiger partial charge in [-0.15, -0.1) is 24.9 Å². The minimum atomic E-state index is -4.85. The third-order valence-corrected chi connectivity index (χ3v) is 7.72. The van der Waals surface area contributed by atoms with E-state index >= 15 is 0 Å². The highest BCUT2D eigenvalue weighted by Crippen LogP contribution is 2.37. The average Bonchev–Trinajstić information content (AvgIpc) is 3.06. The van der Waals surface area contributed by atoms with Gasteiger partial charge in [0, 0.05) is 21.6 Å². The topological polar surface area (TPSA) is 113 Å². The van der Waals surface area contributed by atoms with Crippen LogP contribution in [0.2, 0.25) is 0 Å². The number of hydrogen-bond donors (Lipinski definition) is 2. The number of aryl methyl sites for hydroxylation is 1. The van der Waals surface area contributed by atoms with Crippen LogP contribution < -0.4 is 16.2 Å². The summed E-state index contributed by atoms with van der Waals surface area (Å²) in [4.78, 5) is 17.0. The fourth-order valence-corrected chi connectivity index (χ4v) is 5.32. The first-order chi connectivity index (χ1) is 22.9. The molecule has 0 aliphatic carbocycles. The fourth-order valence-electron chi connectivity index (χ4n) is 4.70. The van der Waals surface area contributed by atoms with Crippen molar-refractivity contribution in [2.45, 2.75) is 18.2 Å². The van der Waals surface area contributed by atoms with E-state index in [2.05, 4.69) is 24.7 Å². The van der Waals surface area contributed by atoms with Crippen LogP contribution in [0.5, 0.6) is 5.75 Å². The van der Waals surface area contributed by atoms with E-state index in [1.165, 1.54) is 61.2 Å². The van der Waals surface area contributed by atoms with E-state index in [9.17, 15) is 22.0 Å². The van der Waals surface area contributed by atoms with Crippen LogP contribution in [-0.4, -0.2) is 32.6 Å². The zero-order valence-electron chi connectivity index (χ0n) is 25.5. The number of hydrogen-bond acceptors (Lipinski definition) is 8. The molecule has 0 saturated carbocycles. The van der Waals surface area contributed by atoms with Crippen LogP contribution in [0.3, 0.4) is 0 Å². The maximum Gasteiger partial charge on any atom is 0.573 e. The van der Waals surface area contributed by atoms with Gasteiger partial charge in [0.25, 0.3) is 0 Å². The number of rotatable bonds is 6. The van der Waals surface area contributed by atoms with Crippen molar-refractivity contribution in [2.24, 2.45) is 0 Å². The Kier molecular flexibility index (Phi) is 10.2. The largest absolute Gasteiger partial charge is 0.573 e. The highest BCUT2D eigenvalue weighted by Gasteiger charge is 2.32. The lowest BCUT2D eigenvalue weighted by molar-refractivity contribution is -0.274. The minimum Gasteiger partial charge on any atom is -0.405 e. The number of benzene rings is 4. The second kappa shape index (κ2) is 14.5. The van der Waals surface area contributed by atoms with E-state index in [4.69, 9.17) is 11.5 Å². The summed E-state index contributed by atoms with van der Waals surface area (Å²) in [5, 5.41) is 0. The van der Waals surface area contributed by atoms with Crippen LogP contribution in [-0.2, 0) is 0 Å². The summed E-state index contributed by atoms with van der Waals surface area (Å²) in [6, 6.07) is 21.3. The first-order valence-electron chi connectivity index (χ1n) is 14.2. The van der Waals surface area contributed by atoms with Gasteiger partial charge in [0.15, 0.2) is 0 Å². The summed E-state index contributed by atoms with van der Waals surface area (Å²) in [6.07, 6.45) is 2.67. The van der Waals surface area contributed by atoms with Crippen LogP contribution in [0, 0.1) is 18.6 Å². The predicted molar refractivity (Wildman–Crippen MR) is 178 cm³/mol. The molecule has 7 nitrogen and oxygen atoms in total. The molecule has 0 bridgehead atoms. The molecule has 0 unspecified atom stereocenters. The first kappa shape index (κ1) is 33.8. The van der Waals surface area contributed by atoms with Gasteiger partial charge >= 0.3 is 6.36 Å². The van der Waals surface area contributed by atoms with Gasteiger partial charge in [0.2, 0.25) is 0 Å². The number of thioether (sulfide) groups is 1. The number of nitrogen functional groups attached to an aromatic ring is 2. The van der Waals surface area contributed by atoms with Crippen molar-refractivity contribution in [3.8, 4) is 50.5 Å². The highest BCUT2D eigenvalue weighted by atomic mass is 32.2. The van der Waals surface area contributed by atoms with E-state index < -0.39 is 17.9 Å². The van der Waals surface area contributed by atoms with Crippen molar-refractivity contribution in [3.05, 3.63) is 121 Å². The summed E-state index contributed by atoms with van der Waals surface area (Å²) < 4.78 is 70.9. The van der Waals surface area contributed by atoms with E-state index in [0.29, 0.717) is 22.6 Å². The van der Waals surface area contributed by atoms with E-state index in [0.717, 1.165) is 22.1 Å². The molecule has 6 rings (SSSR count). The standard InChI is InChI=1S/C18H13F4N3O.C17H14FN3S/c1-10-2-5-16(26-18(20,21)22)13(6-10)11-3-4-12(14(19)7-11)15-8-25-17(23)9-24-15;1-22-16-5-3-2-4-12(16)11-6-7-13(14(18)8-11)15-9-21-17(19)10-20-15/h2-9H,1H3,(H2,23,25);2-10H,1H3,(H2,19,21). The lowest BCUT2D eigenvalue weighted by Gasteiger charge is -2.15. The normalized spacial score (nSPS) is 11.1. The van der Waals surface area contributed by atoms with Crippen LogP contribution >= 0.6 is 11.8 Å². The maximum absolute atomic E-state index is 14.5. The molecule has 4 aromatic carbocycles. The van der Waals surface area contributed by atoms with E-state index in [1.807, 2.05) is 36.6 Å². The summed E-state index contributed by atoms with van der Waals surface area (Å²) in [5.74, 6) is -0.870. The molecule has 0 aliphatic heterocycles.